The normalized spacial score (nSPS) is 10.7. The average Bonchev–Trinajstić information content (AvgIpc) is 3.60. The van der Waals surface area contributed by atoms with Crippen LogP contribution in [-0.4, -0.2) is 20.2 Å². The number of hydrogen-bond donors (Lipinski definition) is 2. The number of aromatic nitrogens is 2. The van der Waals surface area contributed by atoms with Crippen LogP contribution >= 0.6 is 22.7 Å². The minimum atomic E-state index is -0.378. The van der Waals surface area contributed by atoms with Crippen molar-refractivity contribution in [3.8, 4) is 43.8 Å². The van der Waals surface area contributed by atoms with Crippen LogP contribution in [-0.2, 0) is 19.5 Å². The second-order valence-corrected chi connectivity index (χ2v) is 10.9. The molecule has 0 bridgehead atoms. The molecule has 41 heavy (non-hydrogen) atoms. The monoisotopic (exact) mass is 630 g/mol. The smallest absolute Gasteiger partial charge is 0.128 e. The Bertz CT molecular complexity index is 1910. The van der Waals surface area contributed by atoms with E-state index in [0.717, 1.165) is 36.6 Å². The first-order valence-electron chi connectivity index (χ1n) is 12.2. The Morgan fingerprint density at radius 1 is 0.512 bits per heavy atom. The third-order valence-corrected chi connectivity index (χ3v) is 8.32. The van der Waals surface area contributed by atoms with Crippen LogP contribution in [0.25, 0.3) is 52.7 Å². The second kappa shape index (κ2) is 12.2. The molecule has 2 heterocycles. The van der Waals surface area contributed by atoms with Gasteiger partial charge in [0, 0.05) is 19.5 Å². The maximum absolute atomic E-state index is 13.2. The van der Waals surface area contributed by atoms with E-state index >= 15 is 0 Å². The first kappa shape index (κ1) is 28.5. The molecule has 0 fully saturated rings. The number of phenols is 2. The van der Waals surface area contributed by atoms with Gasteiger partial charge in [0.1, 0.15) is 33.1 Å². The molecule has 0 amide bonds. The molecule has 198 valence electrons. The number of para-hydroxylation sites is 2. The Kier molecular flexibility index (Phi) is 8.50. The van der Waals surface area contributed by atoms with Crippen LogP contribution in [0.2, 0.25) is 0 Å². The zero-order valence-corrected chi connectivity index (χ0v) is 26.1. The van der Waals surface area contributed by atoms with Crippen LogP contribution < -0.4 is 0 Å². The Morgan fingerprint density at radius 2 is 0.976 bits per heavy atom. The molecular weight excluding hydrogens is 612 g/mol. The van der Waals surface area contributed by atoms with Gasteiger partial charge in [0.15, 0.2) is 0 Å². The summed E-state index contributed by atoms with van der Waals surface area (Å²) in [5.41, 5.74) is 4.71. The summed E-state index contributed by atoms with van der Waals surface area (Å²) in [6.45, 7) is 0. The molecule has 2 aromatic heterocycles. The van der Waals surface area contributed by atoms with Gasteiger partial charge in [-0.25, -0.2) is 18.7 Å². The largest absolute Gasteiger partial charge is 0.507 e. The van der Waals surface area contributed by atoms with Gasteiger partial charge in [-0.05, 0) is 77.9 Å². The molecule has 4 nitrogen and oxygen atoms in total. The van der Waals surface area contributed by atoms with E-state index in [2.05, 4.69) is 9.97 Å². The molecule has 7 rings (SSSR count). The Balaban J connectivity index is 0.000000168. The number of fused-ring (bicyclic) bond motifs is 2. The van der Waals surface area contributed by atoms with E-state index in [-0.39, 0.29) is 42.6 Å². The summed E-state index contributed by atoms with van der Waals surface area (Å²) in [4.78, 5) is 8.97. The fourth-order valence-electron chi connectivity index (χ4n) is 4.18. The van der Waals surface area contributed by atoms with E-state index < -0.39 is 0 Å². The summed E-state index contributed by atoms with van der Waals surface area (Å²) in [5.74, 6) is -0.406. The third-order valence-electron chi connectivity index (χ3n) is 6.18. The average molecular weight is 632 g/mol. The maximum atomic E-state index is 13.2. The van der Waals surface area contributed by atoms with Gasteiger partial charge in [-0.3, -0.25) is 0 Å². The summed E-state index contributed by atoms with van der Waals surface area (Å²) < 4.78 is 28.3. The van der Waals surface area contributed by atoms with Crippen molar-refractivity contribution in [3.05, 3.63) is 121 Å². The van der Waals surface area contributed by atoms with Crippen molar-refractivity contribution in [2.24, 2.45) is 0 Å². The molecule has 0 aliphatic carbocycles. The van der Waals surface area contributed by atoms with Crippen LogP contribution in [0.5, 0.6) is 11.5 Å². The summed E-state index contributed by atoms with van der Waals surface area (Å²) in [5, 5.41) is 21.3. The van der Waals surface area contributed by atoms with E-state index in [0.29, 0.717) is 16.1 Å². The summed E-state index contributed by atoms with van der Waals surface area (Å²) in [7, 11) is 0. The van der Waals surface area contributed by atoms with Crippen molar-refractivity contribution in [2.75, 3.05) is 0 Å². The Labute approximate surface area is 255 Å². The van der Waals surface area contributed by atoms with Gasteiger partial charge in [0.05, 0.1) is 31.6 Å². The number of halogens is 2. The molecule has 0 radical (unpaired) electrons. The molecule has 2 N–H and O–H groups in total. The molecule has 0 saturated carbocycles. The van der Waals surface area contributed by atoms with Gasteiger partial charge in [0.25, 0.3) is 0 Å². The van der Waals surface area contributed by atoms with Crippen molar-refractivity contribution >= 4 is 43.1 Å². The number of benzene rings is 5. The SMILES string of the molecule is Oc1ccc(-c2ccc(F)cc2)cc1-c1nc2ccccc2s1.Oc1ccc(F)cc1-c1nc2ccccc2s1.[Zn]. The van der Waals surface area contributed by atoms with Crippen molar-refractivity contribution < 1.29 is 38.5 Å². The third kappa shape index (κ3) is 6.18. The number of aromatic hydroxyl groups is 2. The van der Waals surface area contributed by atoms with Gasteiger partial charge in [0.2, 0.25) is 0 Å². The summed E-state index contributed by atoms with van der Waals surface area (Å²) >= 11 is 2.98. The molecule has 9 heteroatoms. The zero-order chi connectivity index (χ0) is 27.6. The maximum Gasteiger partial charge on any atom is 0.128 e. The van der Waals surface area contributed by atoms with E-state index in [9.17, 15) is 19.0 Å². The van der Waals surface area contributed by atoms with Crippen molar-refractivity contribution in [1.82, 2.24) is 9.97 Å². The molecule has 7 aromatic rings. The van der Waals surface area contributed by atoms with Crippen LogP contribution in [0.4, 0.5) is 8.78 Å². The second-order valence-electron chi connectivity index (χ2n) is 8.87. The number of nitrogens with zero attached hydrogens (tertiary/aromatic N) is 2. The van der Waals surface area contributed by atoms with Gasteiger partial charge in [-0.1, -0.05) is 42.5 Å². The standard InChI is InChI=1S/C19H12FNOS.C13H8FNOS.Zn/c20-14-8-5-12(6-9-14)13-7-10-17(22)15(11-13)19-21-16-3-1-2-4-18(16)23-19;14-8-5-6-11(16)9(7-8)13-15-10-3-1-2-4-12(10)17-13;/h1-11,22H;1-7,16H;. The van der Waals surface area contributed by atoms with E-state index in [1.54, 1.807) is 18.2 Å². The number of rotatable bonds is 3. The predicted octanol–water partition coefficient (Wildman–Crippen LogP) is 9.28. The van der Waals surface area contributed by atoms with Crippen LogP contribution in [0.15, 0.2) is 109 Å². The molecule has 5 aromatic carbocycles. The van der Waals surface area contributed by atoms with Crippen LogP contribution in [0.3, 0.4) is 0 Å². The summed E-state index contributed by atoms with van der Waals surface area (Å²) in [6, 6.07) is 31.1. The molecular formula is C32H20F2N2O2S2Zn. The van der Waals surface area contributed by atoms with Crippen molar-refractivity contribution in [3.63, 3.8) is 0 Å². The Morgan fingerprint density at radius 3 is 1.54 bits per heavy atom. The fourth-order valence-corrected chi connectivity index (χ4v) is 6.16. The van der Waals surface area contributed by atoms with Gasteiger partial charge in [-0.2, -0.15) is 0 Å². The molecule has 0 aliphatic heterocycles. The quantitative estimate of drug-likeness (QED) is 0.191. The van der Waals surface area contributed by atoms with Crippen LogP contribution in [0, 0.1) is 11.6 Å². The molecule has 0 unspecified atom stereocenters. The number of thiazole rings is 2. The predicted molar refractivity (Wildman–Crippen MR) is 159 cm³/mol. The van der Waals surface area contributed by atoms with Crippen LogP contribution in [0.1, 0.15) is 0 Å². The number of phenolic OH excluding ortho intramolecular Hbond substituents is 2. The van der Waals surface area contributed by atoms with E-state index in [1.165, 1.54) is 53.0 Å². The van der Waals surface area contributed by atoms with Gasteiger partial charge >= 0.3 is 0 Å². The minimum Gasteiger partial charge on any atom is -0.507 e. The van der Waals surface area contributed by atoms with E-state index in [1.807, 2.05) is 60.7 Å². The first-order chi connectivity index (χ1) is 19.4. The fraction of sp³-hybridized carbons (Fsp3) is 0. The van der Waals surface area contributed by atoms with Gasteiger partial charge in [-0.15, -0.1) is 22.7 Å². The minimum absolute atomic E-state index is 0. The van der Waals surface area contributed by atoms with E-state index in [4.69, 9.17) is 0 Å². The molecule has 0 atom stereocenters. The van der Waals surface area contributed by atoms with Crippen molar-refractivity contribution in [2.45, 2.75) is 0 Å². The molecule has 0 aliphatic rings. The Hall–Kier alpha value is -4.04. The topological polar surface area (TPSA) is 66.2 Å². The zero-order valence-electron chi connectivity index (χ0n) is 21.5. The summed E-state index contributed by atoms with van der Waals surface area (Å²) in [6.07, 6.45) is 0. The first-order valence-corrected chi connectivity index (χ1v) is 13.9. The van der Waals surface area contributed by atoms with Gasteiger partial charge < -0.3 is 10.2 Å². The molecule has 0 spiro atoms. The molecule has 0 saturated heterocycles. The van der Waals surface area contributed by atoms with Crippen molar-refractivity contribution in [1.29, 1.82) is 0 Å². The number of hydrogen-bond acceptors (Lipinski definition) is 6.